The van der Waals surface area contributed by atoms with E-state index in [4.69, 9.17) is 4.74 Å². The van der Waals surface area contributed by atoms with Crippen LogP contribution in [0.1, 0.15) is 42.5 Å². The van der Waals surface area contributed by atoms with Crippen molar-refractivity contribution in [2.45, 2.75) is 43.1 Å². The summed E-state index contributed by atoms with van der Waals surface area (Å²) in [4.78, 5) is 19.0. The Morgan fingerprint density at radius 1 is 1.00 bits per heavy atom. The van der Waals surface area contributed by atoms with Gasteiger partial charge < -0.3 is 9.64 Å². The van der Waals surface area contributed by atoms with Gasteiger partial charge in [0.25, 0.3) is 11.1 Å². The lowest BCUT2D eigenvalue weighted by molar-refractivity contribution is 0.0595. The molecule has 2 aliphatic heterocycles. The average Bonchev–Trinajstić information content (AvgIpc) is 3.27. The van der Waals surface area contributed by atoms with E-state index in [9.17, 15) is 22.0 Å². The maximum Gasteiger partial charge on any atom is 0.274 e. The normalized spacial score (nSPS) is 18.2. The SMILES string of the molecule is O=C(c1ccc(S(=O)(=O)N2CCCCC2)cc1)N1CCC(Oc2nc3c(F)cc(F)cc3s2)CC1. The predicted molar refractivity (Wildman–Crippen MR) is 128 cm³/mol. The van der Waals surface area contributed by atoms with Crippen molar-refractivity contribution in [3.05, 3.63) is 53.6 Å². The number of halogens is 2. The molecule has 2 saturated heterocycles. The van der Waals surface area contributed by atoms with Gasteiger partial charge in [0.05, 0.1) is 9.60 Å². The van der Waals surface area contributed by atoms with Crippen LogP contribution in [0.4, 0.5) is 8.78 Å². The van der Waals surface area contributed by atoms with Crippen LogP contribution in [0.25, 0.3) is 10.2 Å². The van der Waals surface area contributed by atoms with Gasteiger partial charge in [-0.15, -0.1) is 0 Å². The van der Waals surface area contributed by atoms with Crippen molar-refractivity contribution in [2.75, 3.05) is 26.2 Å². The molecule has 2 aliphatic rings. The number of likely N-dealkylation sites (tertiary alicyclic amines) is 1. The van der Waals surface area contributed by atoms with Gasteiger partial charge in [0.2, 0.25) is 10.0 Å². The highest BCUT2D eigenvalue weighted by atomic mass is 32.2. The van der Waals surface area contributed by atoms with E-state index >= 15 is 0 Å². The van der Waals surface area contributed by atoms with Crippen molar-refractivity contribution in [3.63, 3.8) is 0 Å². The van der Waals surface area contributed by atoms with Gasteiger partial charge in [-0.25, -0.2) is 17.2 Å². The molecule has 5 rings (SSSR count). The third-order valence-electron chi connectivity index (χ3n) is 6.44. The van der Waals surface area contributed by atoms with E-state index in [1.54, 1.807) is 17.0 Å². The molecule has 3 aromatic rings. The highest BCUT2D eigenvalue weighted by molar-refractivity contribution is 7.89. The first-order valence-electron chi connectivity index (χ1n) is 11.6. The van der Waals surface area contributed by atoms with E-state index in [1.807, 2.05) is 0 Å². The minimum atomic E-state index is -3.54. The Labute approximate surface area is 206 Å². The molecule has 35 heavy (non-hydrogen) atoms. The second-order valence-electron chi connectivity index (χ2n) is 8.81. The van der Waals surface area contributed by atoms with Crippen LogP contribution < -0.4 is 4.74 Å². The molecule has 0 saturated carbocycles. The molecule has 2 fully saturated rings. The van der Waals surface area contributed by atoms with Crippen LogP contribution in [0, 0.1) is 11.6 Å². The van der Waals surface area contributed by atoms with Crippen molar-refractivity contribution in [1.29, 1.82) is 0 Å². The molecule has 1 aromatic heterocycles. The minimum Gasteiger partial charge on any atom is -0.467 e. The number of benzene rings is 2. The molecule has 7 nitrogen and oxygen atoms in total. The van der Waals surface area contributed by atoms with Gasteiger partial charge in [-0.1, -0.05) is 17.8 Å². The number of carbonyl (C=O) groups is 1. The third kappa shape index (κ3) is 5.03. The molecule has 186 valence electrons. The van der Waals surface area contributed by atoms with Crippen LogP contribution in [0.3, 0.4) is 0 Å². The summed E-state index contributed by atoms with van der Waals surface area (Å²) in [6.07, 6.45) is 3.72. The molecular formula is C24H25F2N3O4S2. The van der Waals surface area contributed by atoms with Crippen molar-refractivity contribution in [1.82, 2.24) is 14.2 Å². The zero-order valence-electron chi connectivity index (χ0n) is 19.0. The fourth-order valence-corrected chi connectivity index (χ4v) is 6.95. The Bertz CT molecular complexity index is 1330. The van der Waals surface area contributed by atoms with E-state index < -0.39 is 21.7 Å². The Morgan fingerprint density at radius 3 is 2.37 bits per heavy atom. The first-order chi connectivity index (χ1) is 16.8. The molecular weight excluding hydrogens is 496 g/mol. The second-order valence-corrected chi connectivity index (χ2v) is 11.7. The molecule has 11 heteroatoms. The Morgan fingerprint density at radius 2 is 1.69 bits per heavy atom. The maximum atomic E-state index is 13.9. The van der Waals surface area contributed by atoms with E-state index in [2.05, 4.69) is 4.98 Å². The number of carbonyl (C=O) groups excluding carboxylic acids is 1. The molecule has 0 bridgehead atoms. The van der Waals surface area contributed by atoms with Gasteiger partial charge in [0.15, 0.2) is 5.82 Å². The van der Waals surface area contributed by atoms with Crippen LogP contribution in [0.15, 0.2) is 41.3 Å². The van der Waals surface area contributed by atoms with Crippen molar-refractivity contribution < 1.29 is 26.7 Å². The number of hydrogen-bond donors (Lipinski definition) is 0. The molecule has 0 unspecified atom stereocenters. The summed E-state index contributed by atoms with van der Waals surface area (Å²) in [6.45, 7) is 1.99. The Kier molecular flexibility index (Phi) is 6.73. The summed E-state index contributed by atoms with van der Waals surface area (Å²) in [7, 11) is -3.54. The lowest BCUT2D eigenvalue weighted by Gasteiger charge is -2.31. The summed E-state index contributed by atoms with van der Waals surface area (Å²) in [5.41, 5.74) is 0.524. The number of rotatable bonds is 5. The first kappa shape index (κ1) is 24.1. The summed E-state index contributed by atoms with van der Waals surface area (Å²) >= 11 is 1.09. The van der Waals surface area contributed by atoms with Gasteiger partial charge in [-0.3, -0.25) is 4.79 Å². The average molecular weight is 522 g/mol. The molecule has 2 aromatic carbocycles. The monoisotopic (exact) mass is 521 g/mol. The smallest absolute Gasteiger partial charge is 0.274 e. The fraction of sp³-hybridized carbons (Fsp3) is 0.417. The van der Waals surface area contributed by atoms with E-state index in [0.29, 0.717) is 49.3 Å². The summed E-state index contributed by atoms with van der Waals surface area (Å²) < 4.78 is 60.7. The molecule has 0 atom stereocenters. The quantitative estimate of drug-likeness (QED) is 0.496. The zero-order valence-corrected chi connectivity index (χ0v) is 20.6. The van der Waals surface area contributed by atoms with Crippen LogP contribution >= 0.6 is 11.3 Å². The molecule has 0 radical (unpaired) electrons. The van der Waals surface area contributed by atoms with Gasteiger partial charge >= 0.3 is 0 Å². The van der Waals surface area contributed by atoms with E-state index in [1.165, 1.54) is 22.5 Å². The largest absolute Gasteiger partial charge is 0.467 e. The predicted octanol–water partition coefficient (Wildman–Crippen LogP) is 4.43. The Hall–Kier alpha value is -2.63. The van der Waals surface area contributed by atoms with Gasteiger partial charge in [0, 0.05) is 50.7 Å². The summed E-state index contributed by atoms with van der Waals surface area (Å²) in [5.74, 6) is -1.54. The van der Waals surface area contributed by atoms with Gasteiger partial charge in [-0.2, -0.15) is 9.29 Å². The van der Waals surface area contributed by atoms with E-state index in [-0.39, 0.29) is 27.6 Å². The number of hydrogen-bond acceptors (Lipinski definition) is 6. The minimum absolute atomic E-state index is 0.0877. The lowest BCUT2D eigenvalue weighted by Crippen LogP contribution is -2.41. The van der Waals surface area contributed by atoms with Crippen molar-refractivity contribution in [2.24, 2.45) is 0 Å². The number of piperidine rings is 2. The maximum absolute atomic E-state index is 13.9. The molecule has 0 spiro atoms. The number of thiazole rings is 1. The van der Waals surface area contributed by atoms with E-state index in [0.717, 1.165) is 36.7 Å². The summed E-state index contributed by atoms with van der Waals surface area (Å²) in [5, 5.41) is 0.278. The fourth-order valence-electron chi connectivity index (χ4n) is 4.51. The number of amides is 1. The lowest BCUT2D eigenvalue weighted by atomic mass is 10.1. The number of aromatic nitrogens is 1. The molecule has 3 heterocycles. The second kappa shape index (κ2) is 9.79. The standard InChI is InChI=1S/C24H25F2N3O4S2/c25-17-14-20(26)22-21(15-17)34-24(27-22)33-18-8-12-28(13-9-18)23(30)16-4-6-19(7-5-16)35(31,32)29-10-2-1-3-11-29/h4-7,14-15,18H,1-3,8-13H2. The summed E-state index contributed by atoms with van der Waals surface area (Å²) in [6, 6.07) is 8.16. The zero-order chi connectivity index (χ0) is 24.6. The Balaban J connectivity index is 1.19. The van der Waals surface area contributed by atoms with Gasteiger partial charge in [-0.05, 0) is 43.2 Å². The number of fused-ring (bicyclic) bond motifs is 1. The number of ether oxygens (including phenoxy) is 1. The topological polar surface area (TPSA) is 79.8 Å². The van der Waals surface area contributed by atoms with Crippen LogP contribution in [-0.2, 0) is 10.0 Å². The van der Waals surface area contributed by atoms with Gasteiger partial charge in [0.1, 0.15) is 17.4 Å². The van der Waals surface area contributed by atoms with Crippen molar-refractivity contribution >= 4 is 37.5 Å². The van der Waals surface area contributed by atoms with Crippen LogP contribution in [-0.4, -0.2) is 60.8 Å². The third-order valence-corrected chi connectivity index (χ3v) is 9.25. The molecule has 1 amide bonds. The number of sulfonamides is 1. The first-order valence-corrected chi connectivity index (χ1v) is 13.9. The number of nitrogens with zero attached hydrogens (tertiary/aromatic N) is 3. The molecule has 0 N–H and O–H groups in total. The molecule has 0 aliphatic carbocycles. The highest BCUT2D eigenvalue weighted by Gasteiger charge is 2.28. The van der Waals surface area contributed by atoms with Crippen LogP contribution in [0.2, 0.25) is 0 Å². The van der Waals surface area contributed by atoms with Crippen LogP contribution in [0.5, 0.6) is 5.19 Å². The van der Waals surface area contributed by atoms with Crippen molar-refractivity contribution in [3.8, 4) is 5.19 Å². The highest BCUT2D eigenvalue weighted by Crippen LogP contribution is 2.32.